The average Bonchev–Trinajstić information content (AvgIpc) is 3.30. The minimum Gasteiger partial charge on any atom is -0.437 e. The molecule has 1 atom stereocenters. The molecule has 0 radical (unpaired) electrons. The van der Waals surface area contributed by atoms with Gasteiger partial charge in [0, 0.05) is 25.7 Å². The number of piperidine rings is 1. The summed E-state index contributed by atoms with van der Waals surface area (Å²) in [5, 5.41) is 3.14. The summed E-state index contributed by atoms with van der Waals surface area (Å²) in [5.74, 6) is -1.50. The first-order valence-corrected chi connectivity index (χ1v) is 13.7. The van der Waals surface area contributed by atoms with Gasteiger partial charge in [0.1, 0.15) is 0 Å². The molecule has 13 heteroatoms. The van der Waals surface area contributed by atoms with Gasteiger partial charge in [-0.25, -0.2) is 9.36 Å². The van der Waals surface area contributed by atoms with Crippen LogP contribution in [0.1, 0.15) is 50.5 Å². The van der Waals surface area contributed by atoms with E-state index in [1.54, 1.807) is 4.57 Å². The second kappa shape index (κ2) is 11.9. The Morgan fingerprint density at radius 1 is 1.05 bits per heavy atom. The van der Waals surface area contributed by atoms with Gasteiger partial charge in [-0.1, -0.05) is 49.6 Å². The van der Waals surface area contributed by atoms with Gasteiger partial charge >= 0.3 is 12.1 Å². The topological polar surface area (TPSA) is 120 Å². The second-order valence-corrected chi connectivity index (χ2v) is 10.6. The number of imidazole rings is 1. The molecule has 40 heavy (non-hydrogen) atoms. The van der Waals surface area contributed by atoms with Gasteiger partial charge in [-0.3, -0.25) is 9.36 Å². The predicted molar refractivity (Wildman–Crippen MR) is 144 cm³/mol. The lowest BCUT2D eigenvalue weighted by Gasteiger charge is -2.31. The summed E-state index contributed by atoms with van der Waals surface area (Å²) in [6.45, 7) is 1.07. The summed E-state index contributed by atoms with van der Waals surface area (Å²) in [5.41, 5.74) is 6.77. The first-order chi connectivity index (χ1) is 19.2. The van der Waals surface area contributed by atoms with Gasteiger partial charge in [0.25, 0.3) is 5.56 Å². The fourth-order valence-electron chi connectivity index (χ4n) is 5.54. The largest absolute Gasteiger partial charge is 0.490 e. The zero-order valence-corrected chi connectivity index (χ0v) is 22.2. The Bertz CT molecular complexity index is 1380. The summed E-state index contributed by atoms with van der Waals surface area (Å²) in [4.78, 5) is 36.8. The van der Waals surface area contributed by atoms with Crippen LogP contribution in [0.25, 0.3) is 11.2 Å². The van der Waals surface area contributed by atoms with Gasteiger partial charge in [-0.15, -0.1) is 0 Å². The Morgan fingerprint density at radius 2 is 1.80 bits per heavy atom. The Labute approximate surface area is 229 Å². The number of nitrogens with zero attached hydrogens (tertiary/aromatic N) is 5. The van der Waals surface area contributed by atoms with Gasteiger partial charge in [0.05, 0.1) is 6.54 Å². The number of ether oxygens (including phenoxy) is 1. The van der Waals surface area contributed by atoms with Crippen molar-refractivity contribution in [2.75, 3.05) is 29.9 Å². The highest BCUT2D eigenvalue weighted by molar-refractivity contribution is 5.77. The molecule has 1 saturated carbocycles. The van der Waals surface area contributed by atoms with Crippen molar-refractivity contribution in [3.63, 3.8) is 0 Å². The third-order valence-corrected chi connectivity index (χ3v) is 7.60. The number of nitrogens with one attached hydrogen (secondary N) is 1. The average molecular weight is 562 g/mol. The maximum Gasteiger partial charge on any atom is 0.490 e. The third-order valence-electron chi connectivity index (χ3n) is 7.60. The Hall–Kier alpha value is -3.61. The van der Waals surface area contributed by atoms with Crippen molar-refractivity contribution in [2.24, 2.45) is 11.7 Å². The van der Waals surface area contributed by atoms with Crippen molar-refractivity contribution in [3.8, 4) is 0 Å². The molecule has 1 saturated heterocycles. The van der Waals surface area contributed by atoms with Crippen LogP contribution >= 0.6 is 0 Å². The number of hydrogen-bond donors (Lipinski definition) is 2. The molecule has 0 amide bonds. The number of carbonyl (C=O) groups is 1. The van der Waals surface area contributed by atoms with E-state index in [2.05, 4.69) is 15.0 Å². The number of benzene rings is 1. The smallest absolute Gasteiger partial charge is 0.437 e. The SMILES string of the molecule is NC1CCCN(c2nc3nc(NCC4CCCCC4)n(COC(=O)C(F)(F)F)c(=O)c3n2Cc2ccccc2)C1. The van der Waals surface area contributed by atoms with Crippen LogP contribution in [0.4, 0.5) is 25.1 Å². The van der Waals surface area contributed by atoms with Crippen LogP contribution in [0.15, 0.2) is 35.1 Å². The predicted octanol–water partition coefficient (Wildman–Crippen LogP) is 3.62. The van der Waals surface area contributed by atoms with E-state index in [4.69, 9.17) is 10.7 Å². The molecule has 2 aromatic heterocycles. The standard InChI is InChI=1S/C27H34F3N7O3/c28-27(29,30)24(39)40-17-37-23(38)21-22(33-25(37)32-14-18-8-3-1-4-9-18)34-26(35-13-7-12-20(31)16-35)36(21)15-19-10-5-2-6-11-19/h2,5-6,10-11,18,20H,1,3-4,7-9,12-17,31H2,(H,32,33). The highest BCUT2D eigenvalue weighted by Crippen LogP contribution is 2.27. The molecule has 1 unspecified atom stereocenters. The van der Waals surface area contributed by atoms with Crippen LogP contribution in [0.2, 0.25) is 0 Å². The minimum absolute atomic E-state index is 0.0179. The van der Waals surface area contributed by atoms with Crippen molar-refractivity contribution >= 4 is 29.0 Å². The molecule has 1 aliphatic heterocycles. The summed E-state index contributed by atoms with van der Waals surface area (Å²) >= 11 is 0. The van der Waals surface area contributed by atoms with Gasteiger partial charge in [-0.2, -0.15) is 23.1 Å². The van der Waals surface area contributed by atoms with E-state index in [1.807, 2.05) is 35.2 Å². The molecule has 0 bridgehead atoms. The molecule has 0 spiro atoms. The van der Waals surface area contributed by atoms with Crippen LogP contribution in [-0.4, -0.2) is 56.9 Å². The number of rotatable bonds is 8. The molecule has 3 N–H and O–H groups in total. The van der Waals surface area contributed by atoms with Gasteiger partial charge < -0.3 is 20.7 Å². The highest BCUT2D eigenvalue weighted by atomic mass is 19.4. The zero-order valence-electron chi connectivity index (χ0n) is 22.2. The first kappa shape index (κ1) is 27.9. The van der Waals surface area contributed by atoms with E-state index in [1.165, 1.54) is 6.42 Å². The van der Waals surface area contributed by atoms with Crippen molar-refractivity contribution in [3.05, 3.63) is 46.2 Å². The van der Waals surface area contributed by atoms with Crippen molar-refractivity contribution in [2.45, 2.75) is 70.4 Å². The fraction of sp³-hybridized carbons (Fsp3) is 0.556. The molecule has 5 rings (SSSR count). The molecule has 2 fully saturated rings. The maximum absolute atomic E-state index is 13.9. The van der Waals surface area contributed by atoms with Crippen LogP contribution in [0.3, 0.4) is 0 Å². The lowest BCUT2D eigenvalue weighted by molar-refractivity contribution is -0.203. The number of alkyl halides is 3. The van der Waals surface area contributed by atoms with E-state index in [-0.39, 0.29) is 29.7 Å². The number of hydrogen-bond acceptors (Lipinski definition) is 8. The Morgan fingerprint density at radius 3 is 2.50 bits per heavy atom. The maximum atomic E-state index is 13.9. The Kier molecular flexibility index (Phi) is 8.29. The summed E-state index contributed by atoms with van der Waals surface area (Å²) in [6.07, 6.45) is 1.92. The van der Waals surface area contributed by atoms with Crippen LogP contribution in [-0.2, 0) is 22.8 Å². The summed E-state index contributed by atoms with van der Waals surface area (Å²) in [6, 6.07) is 9.41. The van der Waals surface area contributed by atoms with Crippen molar-refractivity contribution in [1.29, 1.82) is 0 Å². The van der Waals surface area contributed by atoms with Gasteiger partial charge in [0.15, 0.2) is 17.9 Å². The number of halogens is 3. The molecule has 1 aliphatic carbocycles. The minimum atomic E-state index is -5.19. The van der Waals surface area contributed by atoms with Crippen LogP contribution < -0.4 is 21.5 Å². The molecule has 3 aromatic rings. The number of fused-ring (bicyclic) bond motifs is 1. The van der Waals surface area contributed by atoms with Gasteiger partial charge in [-0.05, 0) is 37.2 Å². The van der Waals surface area contributed by atoms with Crippen LogP contribution in [0.5, 0.6) is 0 Å². The second-order valence-electron chi connectivity index (χ2n) is 10.6. The highest BCUT2D eigenvalue weighted by Gasteiger charge is 2.41. The monoisotopic (exact) mass is 561 g/mol. The lowest BCUT2D eigenvalue weighted by Crippen LogP contribution is -2.44. The van der Waals surface area contributed by atoms with Crippen LogP contribution in [0, 0.1) is 5.92 Å². The first-order valence-electron chi connectivity index (χ1n) is 13.7. The molecule has 3 heterocycles. The molecule has 216 valence electrons. The number of carbonyl (C=O) groups excluding carboxylic acids is 1. The number of anilines is 2. The van der Waals surface area contributed by atoms with E-state index >= 15 is 0 Å². The van der Waals surface area contributed by atoms with Crippen molar-refractivity contribution < 1.29 is 22.7 Å². The Balaban J connectivity index is 1.59. The molecule has 1 aromatic carbocycles. The zero-order chi connectivity index (χ0) is 28.3. The molecular weight excluding hydrogens is 527 g/mol. The number of nitrogens with two attached hydrogens (primary N) is 1. The van der Waals surface area contributed by atoms with E-state index in [0.29, 0.717) is 31.5 Å². The molecular formula is C27H34F3N7O3. The quantitative estimate of drug-likeness (QED) is 0.400. The van der Waals surface area contributed by atoms with Gasteiger partial charge in [0.2, 0.25) is 11.9 Å². The fourth-order valence-corrected chi connectivity index (χ4v) is 5.54. The van der Waals surface area contributed by atoms with E-state index in [9.17, 15) is 22.8 Å². The van der Waals surface area contributed by atoms with Crippen molar-refractivity contribution in [1.82, 2.24) is 19.1 Å². The van der Waals surface area contributed by atoms with E-state index in [0.717, 1.165) is 48.7 Å². The van der Waals surface area contributed by atoms with E-state index < -0.39 is 24.4 Å². The number of aromatic nitrogens is 4. The normalized spacial score (nSPS) is 18.7. The number of esters is 1. The molecule has 2 aliphatic rings. The molecule has 10 nitrogen and oxygen atoms in total. The third kappa shape index (κ3) is 6.24. The lowest BCUT2D eigenvalue weighted by atomic mass is 9.89. The summed E-state index contributed by atoms with van der Waals surface area (Å²) in [7, 11) is 0. The summed E-state index contributed by atoms with van der Waals surface area (Å²) < 4.78 is 46.0.